The molecule has 8 heteroatoms. The summed E-state index contributed by atoms with van der Waals surface area (Å²) < 4.78 is 49.6. The summed E-state index contributed by atoms with van der Waals surface area (Å²) in [6.45, 7) is 2.08. The summed E-state index contributed by atoms with van der Waals surface area (Å²) in [5.74, 6) is 0.497. The first kappa shape index (κ1) is 15.8. The normalized spacial score (nSPS) is 23.9. The molecule has 2 unspecified atom stereocenters. The highest BCUT2D eigenvalue weighted by atomic mass is 35.7. The molecule has 1 aromatic rings. The second-order valence-corrected chi connectivity index (χ2v) is 9.43. The monoisotopic (exact) mass is 337 g/mol. The highest BCUT2D eigenvalue weighted by Gasteiger charge is 2.27. The van der Waals surface area contributed by atoms with Crippen LogP contribution in [0.4, 0.5) is 0 Å². The summed E-state index contributed by atoms with van der Waals surface area (Å²) in [5, 5.41) is 0. The van der Waals surface area contributed by atoms with E-state index in [0.29, 0.717) is 5.92 Å². The van der Waals surface area contributed by atoms with Gasteiger partial charge in [-0.2, -0.15) is 0 Å². The van der Waals surface area contributed by atoms with Crippen molar-refractivity contribution < 1.29 is 16.8 Å². The van der Waals surface area contributed by atoms with E-state index in [9.17, 15) is 16.8 Å². The topological polar surface area (TPSA) is 80.3 Å². The van der Waals surface area contributed by atoms with E-state index in [2.05, 4.69) is 11.6 Å². The van der Waals surface area contributed by atoms with Gasteiger partial charge in [-0.15, -0.1) is 0 Å². The maximum absolute atomic E-state index is 12.2. The lowest BCUT2D eigenvalue weighted by atomic mass is 10.1. The van der Waals surface area contributed by atoms with Crippen molar-refractivity contribution >= 4 is 29.8 Å². The van der Waals surface area contributed by atoms with Crippen molar-refractivity contribution in [3.63, 3.8) is 0 Å². The Balaban J connectivity index is 2.26. The fourth-order valence-corrected chi connectivity index (χ4v) is 4.59. The Hall–Kier alpha value is -0.630. The molecular weight excluding hydrogens is 322 g/mol. The van der Waals surface area contributed by atoms with Gasteiger partial charge in [0.15, 0.2) is 0 Å². The number of hydrogen-bond donors (Lipinski definition) is 1. The van der Waals surface area contributed by atoms with Gasteiger partial charge in [-0.05, 0) is 43.4 Å². The maximum Gasteiger partial charge on any atom is 0.261 e. The van der Waals surface area contributed by atoms with Crippen molar-refractivity contribution in [1.29, 1.82) is 0 Å². The zero-order chi connectivity index (χ0) is 15.0. The van der Waals surface area contributed by atoms with Crippen LogP contribution in [0.15, 0.2) is 34.1 Å². The van der Waals surface area contributed by atoms with Crippen LogP contribution in [0, 0.1) is 5.92 Å². The zero-order valence-corrected chi connectivity index (χ0v) is 13.3. The van der Waals surface area contributed by atoms with Crippen molar-refractivity contribution in [3.8, 4) is 0 Å². The Labute approximate surface area is 123 Å². The van der Waals surface area contributed by atoms with Crippen molar-refractivity contribution in [2.75, 3.05) is 0 Å². The van der Waals surface area contributed by atoms with E-state index in [-0.39, 0.29) is 15.8 Å². The molecule has 0 aromatic heterocycles. The molecular formula is C12H16ClNO4S2. The predicted octanol–water partition coefficient (Wildman–Crippen LogP) is 2.08. The fourth-order valence-electron chi connectivity index (χ4n) is 2.39. The van der Waals surface area contributed by atoms with Crippen LogP contribution in [-0.4, -0.2) is 22.9 Å². The molecule has 0 amide bonds. The average molecular weight is 338 g/mol. The first-order valence-electron chi connectivity index (χ1n) is 6.25. The number of sulfonamides is 1. The minimum Gasteiger partial charge on any atom is -0.208 e. The lowest BCUT2D eigenvalue weighted by molar-refractivity contribution is 0.538. The van der Waals surface area contributed by atoms with Crippen LogP contribution in [0.2, 0.25) is 0 Å². The average Bonchev–Trinajstić information content (AvgIpc) is 2.73. The molecule has 1 aliphatic rings. The third-order valence-electron chi connectivity index (χ3n) is 3.41. The van der Waals surface area contributed by atoms with E-state index in [0.717, 1.165) is 25.3 Å². The summed E-state index contributed by atoms with van der Waals surface area (Å²) in [5.41, 5.74) is 0. The van der Waals surface area contributed by atoms with Crippen LogP contribution in [0.5, 0.6) is 0 Å². The molecule has 0 bridgehead atoms. The van der Waals surface area contributed by atoms with E-state index in [1.165, 1.54) is 18.2 Å². The third-order valence-corrected chi connectivity index (χ3v) is 6.28. The molecule has 1 aliphatic carbocycles. The molecule has 1 saturated carbocycles. The molecule has 112 valence electrons. The highest BCUT2D eigenvalue weighted by Crippen LogP contribution is 2.26. The Morgan fingerprint density at radius 1 is 1.15 bits per heavy atom. The molecule has 0 radical (unpaired) electrons. The molecule has 5 nitrogen and oxygen atoms in total. The van der Waals surface area contributed by atoms with Crippen molar-refractivity contribution in [2.24, 2.45) is 5.92 Å². The van der Waals surface area contributed by atoms with Gasteiger partial charge in [-0.1, -0.05) is 13.0 Å². The van der Waals surface area contributed by atoms with Crippen LogP contribution in [-0.2, 0) is 19.1 Å². The first-order chi connectivity index (χ1) is 9.18. The minimum absolute atomic E-state index is 0.0845. The van der Waals surface area contributed by atoms with Gasteiger partial charge in [0.1, 0.15) is 0 Å². The van der Waals surface area contributed by atoms with Gasteiger partial charge in [0.05, 0.1) is 9.79 Å². The Bertz CT molecular complexity index is 700. The molecule has 0 spiro atoms. The largest absolute Gasteiger partial charge is 0.261 e. The molecule has 20 heavy (non-hydrogen) atoms. The Kier molecular flexibility index (Phi) is 4.44. The van der Waals surface area contributed by atoms with Gasteiger partial charge >= 0.3 is 0 Å². The van der Waals surface area contributed by atoms with Crippen LogP contribution >= 0.6 is 10.7 Å². The molecule has 1 fully saturated rings. The fraction of sp³-hybridized carbons (Fsp3) is 0.500. The van der Waals surface area contributed by atoms with E-state index in [1.54, 1.807) is 0 Å². The van der Waals surface area contributed by atoms with E-state index < -0.39 is 19.1 Å². The van der Waals surface area contributed by atoms with E-state index in [4.69, 9.17) is 10.7 Å². The van der Waals surface area contributed by atoms with Crippen LogP contribution in [0.3, 0.4) is 0 Å². The third kappa shape index (κ3) is 3.72. The SMILES string of the molecule is CC1CCC(NS(=O)(=O)c2cccc(S(=O)(=O)Cl)c2)C1. The molecule has 0 heterocycles. The maximum atomic E-state index is 12.2. The van der Waals surface area contributed by atoms with Crippen molar-refractivity contribution in [2.45, 2.75) is 42.0 Å². The molecule has 2 atom stereocenters. The molecule has 1 N–H and O–H groups in total. The van der Waals surface area contributed by atoms with Gasteiger partial charge in [0.25, 0.3) is 9.05 Å². The van der Waals surface area contributed by atoms with Gasteiger partial charge in [0.2, 0.25) is 10.0 Å². The van der Waals surface area contributed by atoms with E-state index >= 15 is 0 Å². The Morgan fingerprint density at radius 2 is 1.80 bits per heavy atom. The number of halogens is 1. The highest BCUT2D eigenvalue weighted by molar-refractivity contribution is 8.13. The summed E-state index contributed by atoms with van der Waals surface area (Å²) in [6, 6.07) is 4.96. The molecule has 0 saturated heterocycles. The predicted molar refractivity (Wildman–Crippen MR) is 76.6 cm³/mol. The summed E-state index contributed by atoms with van der Waals surface area (Å²) >= 11 is 0. The van der Waals surface area contributed by atoms with Crippen LogP contribution in [0.25, 0.3) is 0 Å². The quantitative estimate of drug-likeness (QED) is 0.853. The standard InChI is InChI=1S/C12H16ClNO4S2/c1-9-5-6-10(7-9)14-20(17,18)12-4-2-3-11(8-12)19(13,15)16/h2-4,8-10,14H,5-7H2,1H3. The Morgan fingerprint density at radius 3 is 2.35 bits per heavy atom. The van der Waals surface area contributed by atoms with Gasteiger partial charge in [0, 0.05) is 16.7 Å². The lowest BCUT2D eigenvalue weighted by Crippen LogP contribution is -2.33. The number of benzene rings is 1. The molecule has 1 aromatic carbocycles. The second kappa shape index (κ2) is 5.63. The molecule has 0 aliphatic heterocycles. The summed E-state index contributed by atoms with van der Waals surface area (Å²) in [4.78, 5) is -0.305. The first-order valence-corrected chi connectivity index (χ1v) is 10.0. The van der Waals surface area contributed by atoms with Crippen molar-refractivity contribution in [1.82, 2.24) is 4.72 Å². The molecule has 2 rings (SSSR count). The van der Waals surface area contributed by atoms with Crippen LogP contribution in [0.1, 0.15) is 26.2 Å². The second-order valence-electron chi connectivity index (χ2n) is 5.15. The van der Waals surface area contributed by atoms with E-state index in [1.807, 2.05) is 0 Å². The van der Waals surface area contributed by atoms with Gasteiger partial charge in [-0.25, -0.2) is 21.6 Å². The van der Waals surface area contributed by atoms with Crippen molar-refractivity contribution in [3.05, 3.63) is 24.3 Å². The summed E-state index contributed by atoms with van der Waals surface area (Å²) in [6.07, 6.45) is 2.59. The van der Waals surface area contributed by atoms with Gasteiger partial charge < -0.3 is 0 Å². The van der Waals surface area contributed by atoms with Crippen LogP contribution < -0.4 is 4.72 Å². The minimum atomic E-state index is -3.94. The number of nitrogens with one attached hydrogen (secondary N) is 1. The zero-order valence-electron chi connectivity index (χ0n) is 10.9. The smallest absolute Gasteiger partial charge is 0.208 e. The summed E-state index contributed by atoms with van der Waals surface area (Å²) in [7, 11) is -2.44. The lowest BCUT2D eigenvalue weighted by Gasteiger charge is -2.13. The number of rotatable bonds is 4. The number of hydrogen-bond acceptors (Lipinski definition) is 4. The van der Waals surface area contributed by atoms with Gasteiger partial charge in [-0.3, -0.25) is 0 Å².